The van der Waals surface area contributed by atoms with Crippen LogP contribution in [0.15, 0.2) is 11.9 Å². The van der Waals surface area contributed by atoms with Crippen LogP contribution in [0.1, 0.15) is 19.8 Å². The number of Topliss-reactive ketones (excluding diaryl/α,β-unsaturated/α-hetero) is 1. The zero-order valence-corrected chi connectivity index (χ0v) is 5.86. The van der Waals surface area contributed by atoms with Crippen molar-refractivity contribution in [3.8, 4) is 0 Å². The third-order valence-electron chi connectivity index (χ3n) is 2.78. The molecule has 2 rings (SSSR count). The lowest BCUT2D eigenvalue weighted by Crippen LogP contribution is -2.12. The Hall–Kier alpha value is -0.660. The van der Waals surface area contributed by atoms with Crippen LogP contribution in [0.4, 0.5) is 4.39 Å². The first-order valence-corrected chi connectivity index (χ1v) is 3.63. The molecule has 0 saturated heterocycles. The van der Waals surface area contributed by atoms with Crippen molar-refractivity contribution in [2.45, 2.75) is 19.8 Å². The molecule has 2 aliphatic rings. The Bertz CT molecular complexity index is 231. The second-order valence-corrected chi connectivity index (χ2v) is 3.16. The molecule has 10 heavy (non-hydrogen) atoms. The summed E-state index contributed by atoms with van der Waals surface area (Å²) >= 11 is 0. The van der Waals surface area contributed by atoms with Gasteiger partial charge in [-0.15, -0.1) is 0 Å². The standard InChI is InChI=1S/C8H9FO/c1-2-8-4-5(8)3-6(9)7(8)10/h3,5H,2,4H2,1H3/t5-,8+/m0/s1. The van der Waals surface area contributed by atoms with Gasteiger partial charge in [-0.1, -0.05) is 6.92 Å². The molecule has 0 spiro atoms. The Morgan fingerprint density at radius 1 is 1.90 bits per heavy atom. The van der Waals surface area contributed by atoms with Gasteiger partial charge in [0.2, 0.25) is 0 Å². The average molecular weight is 140 g/mol. The van der Waals surface area contributed by atoms with Gasteiger partial charge in [0.05, 0.1) is 0 Å². The summed E-state index contributed by atoms with van der Waals surface area (Å²) in [6.45, 7) is 1.95. The summed E-state index contributed by atoms with van der Waals surface area (Å²) in [7, 11) is 0. The van der Waals surface area contributed by atoms with E-state index in [9.17, 15) is 9.18 Å². The second-order valence-electron chi connectivity index (χ2n) is 3.16. The van der Waals surface area contributed by atoms with E-state index in [2.05, 4.69) is 0 Å². The molecule has 0 heterocycles. The van der Waals surface area contributed by atoms with Crippen LogP contribution in [0, 0.1) is 11.3 Å². The normalized spacial score (nSPS) is 43.2. The van der Waals surface area contributed by atoms with E-state index in [-0.39, 0.29) is 17.1 Å². The molecule has 0 bridgehead atoms. The summed E-state index contributed by atoms with van der Waals surface area (Å²) in [4.78, 5) is 11.1. The van der Waals surface area contributed by atoms with Crippen molar-refractivity contribution in [1.29, 1.82) is 0 Å². The van der Waals surface area contributed by atoms with Crippen LogP contribution in [0.25, 0.3) is 0 Å². The van der Waals surface area contributed by atoms with Crippen molar-refractivity contribution in [2.24, 2.45) is 11.3 Å². The zero-order valence-electron chi connectivity index (χ0n) is 5.86. The highest BCUT2D eigenvalue weighted by Crippen LogP contribution is 2.62. The van der Waals surface area contributed by atoms with Gasteiger partial charge >= 0.3 is 0 Å². The van der Waals surface area contributed by atoms with Gasteiger partial charge in [-0.05, 0) is 24.8 Å². The maximum Gasteiger partial charge on any atom is 0.197 e. The van der Waals surface area contributed by atoms with Crippen LogP contribution in [-0.2, 0) is 4.79 Å². The molecule has 2 heteroatoms. The number of halogens is 1. The SMILES string of the molecule is CC[C@@]12C[C@@H]1C=C(F)C2=O. The van der Waals surface area contributed by atoms with Gasteiger partial charge in [0.15, 0.2) is 11.6 Å². The molecule has 0 unspecified atom stereocenters. The monoisotopic (exact) mass is 140 g/mol. The number of fused-ring (bicyclic) bond motifs is 1. The lowest BCUT2D eigenvalue weighted by atomic mass is 9.99. The minimum atomic E-state index is -0.502. The van der Waals surface area contributed by atoms with E-state index < -0.39 is 5.83 Å². The van der Waals surface area contributed by atoms with Crippen molar-refractivity contribution >= 4 is 5.78 Å². The zero-order chi connectivity index (χ0) is 7.35. The topological polar surface area (TPSA) is 17.1 Å². The van der Waals surface area contributed by atoms with Crippen LogP contribution < -0.4 is 0 Å². The summed E-state index contributed by atoms with van der Waals surface area (Å²) in [5.74, 6) is -0.511. The molecular formula is C8H9FO. The summed E-state index contributed by atoms with van der Waals surface area (Å²) < 4.78 is 12.5. The molecule has 0 aliphatic heterocycles. The summed E-state index contributed by atoms with van der Waals surface area (Å²) in [5, 5.41) is 0. The first-order chi connectivity index (χ1) is 4.70. The first kappa shape index (κ1) is 6.08. The van der Waals surface area contributed by atoms with Crippen molar-refractivity contribution < 1.29 is 9.18 Å². The largest absolute Gasteiger partial charge is 0.291 e. The average Bonchev–Trinajstić information content (AvgIpc) is 2.57. The minimum absolute atomic E-state index is 0.241. The van der Waals surface area contributed by atoms with Crippen LogP contribution in [0.2, 0.25) is 0 Å². The number of hydrogen-bond acceptors (Lipinski definition) is 1. The van der Waals surface area contributed by atoms with Crippen LogP contribution in [0.3, 0.4) is 0 Å². The van der Waals surface area contributed by atoms with E-state index >= 15 is 0 Å². The fraction of sp³-hybridized carbons (Fsp3) is 0.625. The Labute approximate surface area is 58.9 Å². The lowest BCUT2D eigenvalue weighted by Gasteiger charge is -2.04. The lowest BCUT2D eigenvalue weighted by molar-refractivity contribution is -0.121. The maximum atomic E-state index is 12.5. The summed E-state index contributed by atoms with van der Waals surface area (Å²) in [5.41, 5.74) is -0.274. The molecule has 0 radical (unpaired) electrons. The van der Waals surface area contributed by atoms with Gasteiger partial charge in [0.1, 0.15) is 0 Å². The second kappa shape index (κ2) is 1.49. The number of carbonyl (C=O) groups is 1. The van der Waals surface area contributed by atoms with Crippen molar-refractivity contribution in [1.82, 2.24) is 0 Å². The number of carbonyl (C=O) groups excluding carboxylic acids is 1. The quantitative estimate of drug-likeness (QED) is 0.543. The Morgan fingerprint density at radius 2 is 2.60 bits per heavy atom. The van der Waals surface area contributed by atoms with Gasteiger partial charge < -0.3 is 0 Å². The molecule has 0 N–H and O–H groups in total. The molecule has 54 valence electrons. The van der Waals surface area contributed by atoms with Gasteiger partial charge in [0.25, 0.3) is 0 Å². The predicted octanol–water partition coefficient (Wildman–Crippen LogP) is 1.84. The highest BCUT2D eigenvalue weighted by atomic mass is 19.1. The highest BCUT2D eigenvalue weighted by Gasteiger charge is 2.62. The van der Waals surface area contributed by atoms with E-state index in [0.717, 1.165) is 12.8 Å². The fourth-order valence-electron chi connectivity index (χ4n) is 1.87. The van der Waals surface area contributed by atoms with Crippen molar-refractivity contribution in [3.63, 3.8) is 0 Å². The first-order valence-electron chi connectivity index (χ1n) is 3.63. The minimum Gasteiger partial charge on any atom is -0.291 e. The fourth-order valence-corrected chi connectivity index (χ4v) is 1.87. The van der Waals surface area contributed by atoms with E-state index in [4.69, 9.17) is 0 Å². The summed E-state index contributed by atoms with van der Waals surface area (Å²) in [6, 6.07) is 0. The molecule has 1 saturated carbocycles. The smallest absolute Gasteiger partial charge is 0.197 e. The predicted molar refractivity (Wildman–Crippen MR) is 35.0 cm³/mol. The van der Waals surface area contributed by atoms with Gasteiger partial charge in [0, 0.05) is 5.41 Å². The molecule has 0 aromatic carbocycles. The van der Waals surface area contributed by atoms with Crippen LogP contribution in [-0.4, -0.2) is 5.78 Å². The molecule has 1 fully saturated rings. The van der Waals surface area contributed by atoms with E-state index in [0.29, 0.717) is 0 Å². The molecule has 2 aliphatic carbocycles. The molecule has 2 atom stereocenters. The van der Waals surface area contributed by atoms with Crippen molar-refractivity contribution in [2.75, 3.05) is 0 Å². The molecule has 0 amide bonds. The van der Waals surface area contributed by atoms with Gasteiger partial charge in [-0.3, -0.25) is 4.79 Å². The third-order valence-corrected chi connectivity index (χ3v) is 2.78. The molecule has 0 aromatic rings. The van der Waals surface area contributed by atoms with Crippen LogP contribution in [0.5, 0.6) is 0 Å². The number of rotatable bonds is 1. The summed E-state index contributed by atoms with van der Waals surface area (Å²) in [6.07, 6.45) is 3.15. The molecular weight excluding hydrogens is 131 g/mol. The Balaban J connectivity index is 2.33. The van der Waals surface area contributed by atoms with Gasteiger partial charge in [-0.2, -0.15) is 0 Å². The molecule has 1 nitrogen and oxygen atoms in total. The highest BCUT2D eigenvalue weighted by molar-refractivity contribution is 6.03. The molecule has 0 aromatic heterocycles. The van der Waals surface area contributed by atoms with E-state index in [1.54, 1.807) is 0 Å². The third kappa shape index (κ3) is 0.459. The van der Waals surface area contributed by atoms with Crippen molar-refractivity contribution in [3.05, 3.63) is 11.9 Å². The number of hydrogen-bond donors (Lipinski definition) is 0. The van der Waals surface area contributed by atoms with Gasteiger partial charge in [-0.25, -0.2) is 4.39 Å². The van der Waals surface area contributed by atoms with Crippen LogP contribution >= 0.6 is 0 Å². The van der Waals surface area contributed by atoms with E-state index in [1.165, 1.54) is 6.08 Å². The number of allylic oxidation sites excluding steroid dienone is 2. The Kier molecular flexibility index (Phi) is 0.908. The number of ketones is 1. The maximum absolute atomic E-state index is 12.5. The van der Waals surface area contributed by atoms with E-state index in [1.807, 2.05) is 6.92 Å². The Morgan fingerprint density at radius 3 is 2.90 bits per heavy atom.